The van der Waals surface area contributed by atoms with E-state index in [1.54, 1.807) is 0 Å². The number of esters is 1. The molecular weight excluding hydrogens is 268 g/mol. The summed E-state index contributed by atoms with van der Waals surface area (Å²) < 4.78 is 4.82. The van der Waals surface area contributed by atoms with E-state index in [1.165, 1.54) is 7.11 Å². The molecule has 21 heavy (non-hydrogen) atoms. The van der Waals surface area contributed by atoms with Crippen molar-refractivity contribution in [3.63, 3.8) is 0 Å². The predicted octanol–water partition coefficient (Wildman–Crippen LogP) is 2.35. The zero-order valence-corrected chi connectivity index (χ0v) is 12.2. The van der Waals surface area contributed by atoms with Crippen LogP contribution < -0.4 is 0 Å². The Balaban J connectivity index is 2.16. The molecule has 1 fully saturated rings. The first-order valence-electron chi connectivity index (χ1n) is 7.23. The molecule has 112 valence electrons. The van der Waals surface area contributed by atoms with Gasteiger partial charge in [0.25, 0.3) is 0 Å². The monoisotopic (exact) mass is 288 g/mol. The lowest BCUT2D eigenvalue weighted by Crippen LogP contribution is -2.45. The van der Waals surface area contributed by atoms with Crippen LogP contribution in [-0.2, 0) is 25.5 Å². The van der Waals surface area contributed by atoms with Gasteiger partial charge in [0.2, 0.25) is 0 Å². The van der Waals surface area contributed by atoms with Gasteiger partial charge in [0.15, 0.2) is 0 Å². The van der Waals surface area contributed by atoms with E-state index < -0.39 is 11.4 Å². The number of hydrogen-bond donors (Lipinski definition) is 0. The number of carbonyl (C=O) groups excluding carboxylic acids is 3. The molecule has 2 rings (SSSR count). The maximum absolute atomic E-state index is 12.1. The number of benzene rings is 1. The van der Waals surface area contributed by atoms with Crippen LogP contribution in [0.2, 0.25) is 0 Å². The van der Waals surface area contributed by atoms with Crippen LogP contribution in [0.1, 0.15) is 31.2 Å². The summed E-state index contributed by atoms with van der Waals surface area (Å²) in [5.41, 5.74) is -0.0163. The quantitative estimate of drug-likeness (QED) is 0.474. The summed E-state index contributed by atoms with van der Waals surface area (Å²) in [5, 5.41) is 0. The molecule has 4 heteroatoms. The zero-order chi connectivity index (χ0) is 15.3. The molecule has 2 atom stereocenters. The smallest absolute Gasteiger partial charge is 0.319 e. The first-order chi connectivity index (χ1) is 10.1. The predicted molar refractivity (Wildman–Crippen MR) is 77.6 cm³/mol. The topological polar surface area (TPSA) is 60.4 Å². The van der Waals surface area contributed by atoms with Gasteiger partial charge in [0.05, 0.1) is 7.11 Å². The van der Waals surface area contributed by atoms with E-state index >= 15 is 0 Å². The average Bonchev–Trinajstić information content (AvgIpc) is 2.53. The van der Waals surface area contributed by atoms with E-state index in [4.69, 9.17) is 4.74 Å². The van der Waals surface area contributed by atoms with Gasteiger partial charge in [-0.25, -0.2) is 0 Å². The molecule has 0 aromatic heterocycles. The van der Waals surface area contributed by atoms with Crippen molar-refractivity contribution < 1.29 is 19.1 Å². The molecule has 2 unspecified atom stereocenters. The second kappa shape index (κ2) is 6.66. The maximum atomic E-state index is 12.1. The lowest BCUT2D eigenvalue weighted by atomic mass is 9.65. The standard InChI is InChI=1S/C17H20O4/c1-21-16(20)17(12-18)10-9-15(19)11-14(17)8-7-13-5-3-2-4-6-13/h2-6,12,14H,7-11H2,1H3. The van der Waals surface area contributed by atoms with Crippen molar-refractivity contribution in [3.05, 3.63) is 35.9 Å². The Hall–Kier alpha value is -1.97. The van der Waals surface area contributed by atoms with Crippen molar-refractivity contribution in [1.29, 1.82) is 0 Å². The van der Waals surface area contributed by atoms with Crippen LogP contribution in [0.4, 0.5) is 0 Å². The van der Waals surface area contributed by atoms with E-state index in [9.17, 15) is 14.4 Å². The van der Waals surface area contributed by atoms with Gasteiger partial charge < -0.3 is 9.53 Å². The summed E-state index contributed by atoms with van der Waals surface area (Å²) in [5.74, 6) is -0.665. The average molecular weight is 288 g/mol. The van der Waals surface area contributed by atoms with Crippen LogP contribution >= 0.6 is 0 Å². The minimum atomic E-state index is -1.16. The molecule has 0 N–H and O–H groups in total. The molecule has 1 aliphatic rings. The van der Waals surface area contributed by atoms with Gasteiger partial charge in [-0.1, -0.05) is 30.3 Å². The number of carbonyl (C=O) groups is 3. The molecular formula is C17H20O4. The second-order valence-corrected chi connectivity index (χ2v) is 5.61. The summed E-state index contributed by atoms with van der Waals surface area (Å²) in [6, 6.07) is 9.86. The Kier molecular flexibility index (Phi) is 4.89. The highest BCUT2D eigenvalue weighted by Crippen LogP contribution is 2.42. The number of Topliss-reactive ketones (excluding diaryl/α,β-unsaturated/α-hetero) is 1. The number of ether oxygens (including phenoxy) is 1. The third-order valence-corrected chi connectivity index (χ3v) is 4.42. The van der Waals surface area contributed by atoms with Crippen LogP contribution in [0.3, 0.4) is 0 Å². The van der Waals surface area contributed by atoms with Crippen molar-refractivity contribution in [2.24, 2.45) is 11.3 Å². The Morgan fingerprint density at radius 3 is 2.71 bits per heavy atom. The van der Waals surface area contributed by atoms with E-state index in [1.807, 2.05) is 30.3 Å². The fourth-order valence-corrected chi connectivity index (χ4v) is 3.12. The van der Waals surface area contributed by atoms with Gasteiger partial charge in [-0.3, -0.25) is 9.59 Å². The van der Waals surface area contributed by atoms with E-state index in [0.29, 0.717) is 12.7 Å². The summed E-state index contributed by atoms with van der Waals surface area (Å²) in [4.78, 5) is 35.4. The van der Waals surface area contributed by atoms with Gasteiger partial charge in [-0.2, -0.15) is 0 Å². The summed E-state index contributed by atoms with van der Waals surface area (Å²) in [6.07, 6.45) is 2.88. The number of methoxy groups -OCH3 is 1. The van der Waals surface area contributed by atoms with Gasteiger partial charge in [0, 0.05) is 12.8 Å². The van der Waals surface area contributed by atoms with E-state index in [2.05, 4.69) is 0 Å². The molecule has 1 saturated carbocycles. The number of aryl methyl sites for hydroxylation is 1. The van der Waals surface area contributed by atoms with Crippen LogP contribution in [0, 0.1) is 11.3 Å². The van der Waals surface area contributed by atoms with Crippen molar-refractivity contribution >= 4 is 18.0 Å². The van der Waals surface area contributed by atoms with Crippen LogP contribution in [0.25, 0.3) is 0 Å². The first-order valence-corrected chi connectivity index (χ1v) is 7.23. The minimum Gasteiger partial charge on any atom is -0.468 e. The molecule has 1 aromatic carbocycles. The lowest BCUT2D eigenvalue weighted by Gasteiger charge is -2.37. The summed E-state index contributed by atoms with van der Waals surface area (Å²) in [7, 11) is 1.29. The molecule has 0 saturated heterocycles. The SMILES string of the molecule is COC(=O)C1(C=O)CCC(=O)CC1CCc1ccccc1. The van der Waals surface area contributed by atoms with Gasteiger partial charge >= 0.3 is 5.97 Å². The number of rotatable bonds is 5. The summed E-state index contributed by atoms with van der Waals surface area (Å²) >= 11 is 0. The molecule has 0 bridgehead atoms. The van der Waals surface area contributed by atoms with Gasteiger partial charge in [0.1, 0.15) is 17.5 Å². The lowest BCUT2D eigenvalue weighted by molar-refractivity contribution is -0.161. The maximum Gasteiger partial charge on any atom is 0.319 e. The molecule has 0 aliphatic heterocycles. The van der Waals surface area contributed by atoms with Crippen LogP contribution in [0.5, 0.6) is 0 Å². The third-order valence-electron chi connectivity index (χ3n) is 4.42. The van der Waals surface area contributed by atoms with E-state index in [-0.39, 0.29) is 31.0 Å². The summed E-state index contributed by atoms with van der Waals surface area (Å²) in [6.45, 7) is 0. The van der Waals surface area contributed by atoms with Crippen molar-refractivity contribution in [1.82, 2.24) is 0 Å². The van der Waals surface area contributed by atoms with Crippen LogP contribution in [-0.4, -0.2) is 25.1 Å². The Labute approximate surface area is 124 Å². The highest BCUT2D eigenvalue weighted by Gasteiger charge is 2.49. The fourth-order valence-electron chi connectivity index (χ4n) is 3.12. The third kappa shape index (κ3) is 3.20. The Morgan fingerprint density at radius 2 is 2.10 bits per heavy atom. The Morgan fingerprint density at radius 1 is 1.38 bits per heavy atom. The molecule has 0 amide bonds. The highest BCUT2D eigenvalue weighted by atomic mass is 16.5. The highest BCUT2D eigenvalue weighted by molar-refractivity contribution is 5.96. The van der Waals surface area contributed by atoms with Crippen molar-refractivity contribution in [3.8, 4) is 0 Å². The molecule has 4 nitrogen and oxygen atoms in total. The second-order valence-electron chi connectivity index (χ2n) is 5.61. The molecule has 0 radical (unpaired) electrons. The fraction of sp³-hybridized carbons (Fsp3) is 0.471. The number of aldehydes is 1. The molecule has 0 spiro atoms. The largest absolute Gasteiger partial charge is 0.468 e. The molecule has 1 aromatic rings. The number of ketones is 1. The Bertz CT molecular complexity index is 523. The number of hydrogen-bond acceptors (Lipinski definition) is 4. The minimum absolute atomic E-state index is 0.120. The molecule has 1 aliphatic carbocycles. The normalized spacial score (nSPS) is 25.4. The first kappa shape index (κ1) is 15.4. The van der Waals surface area contributed by atoms with Crippen molar-refractivity contribution in [2.75, 3.05) is 7.11 Å². The molecule has 0 heterocycles. The van der Waals surface area contributed by atoms with Gasteiger partial charge in [-0.05, 0) is 30.7 Å². The van der Waals surface area contributed by atoms with Crippen molar-refractivity contribution in [2.45, 2.75) is 32.1 Å². The van der Waals surface area contributed by atoms with E-state index in [0.717, 1.165) is 12.0 Å². The zero-order valence-electron chi connectivity index (χ0n) is 12.2. The van der Waals surface area contributed by atoms with Gasteiger partial charge in [-0.15, -0.1) is 0 Å². The van der Waals surface area contributed by atoms with Crippen LogP contribution in [0.15, 0.2) is 30.3 Å².